The summed E-state index contributed by atoms with van der Waals surface area (Å²) in [7, 11) is 0. The van der Waals surface area contributed by atoms with E-state index in [-0.39, 0.29) is 5.91 Å². The lowest BCUT2D eigenvalue weighted by atomic mass is 10.2. The normalized spacial score (nSPS) is 14.2. The van der Waals surface area contributed by atoms with E-state index in [2.05, 4.69) is 15.5 Å². The second-order valence-electron chi connectivity index (χ2n) is 5.54. The zero-order valence-corrected chi connectivity index (χ0v) is 14.3. The first-order valence-electron chi connectivity index (χ1n) is 7.53. The lowest BCUT2D eigenvalue weighted by Gasteiger charge is -1.98. The highest BCUT2D eigenvalue weighted by molar-refractivity contribution is 7.20. The fraction of sp³-hybridized carbons (Fsp3) is 0.235. The predicted octanol–water partition coefficient (Wildman–Crippen LogP) is 4.00. The first-order chi connectivity index (χ1) is 11.2. The van der Waals surface area contributed by atoms with Gasteiger partial charge in [0.1, 0.15) is 5.01 Å². The predicted molar refractivity (Wildman–Crippen MR) is 95.6 cm³/mol. The molecule has 1 aliphatic rings. The van der Waals surface area contributed by atoms with Crippen molar-refractivity contribution in [3.63, 3.8) is 0 Å². The highest BCUT2D eigenvalue weighted by atomic mass is 32.1. The zero-order chi connectivity index (χ0) is 15.8. The number of aromatic nitrogens is 1. The highest BCUT2D eigenvalue weighted by Gasteiger charge is 2.18. The molecule has 3 aromatic rings. The molecule has 4 rings (SSSR count). The van der Waals surface area contributed by atoms with E-state index in [1.807, 2.05) is 37.3 Å². The van der Waals surface area contributed by atoms with Gasteiger partial charge in [0.15, 0.2) is 0 Å². The molecule has 0 fully saturated rings. The molecule has 116 valence electrons. The van der Waals surface area contributed by atoms with E-state index in [0.717, 1.165) is 38.7 Å². The first kappa shape index (κ1) is 14.5. The molecule has 0 bridgehead atoms. The van der Waals surface area contributed by atoms with Crippen LogP contribution in [0, 0.1) is 0 Å². The zero-order valence-electron chi connectivity index (χ0n) is 12.6. The summed E-state index contributed by atoms with van der Waals surface area (Å²) in [6, 6.07) is 9.99. The molecular formula is C17H15N3OS2. The van der Waals surface area contributed by atoms with E-state index < -0.39 is 0 Å². The average Bonchev–Trinajstić information content (AvgIpc) is 3.24. The molecule has 1 N–H and O–H groups in total. The topological polar surface area (TPSA) is 54.4 Å². The van der Waals surface area contributed by atoms with Crippen molar-refractivity contribution in [2.75, 3.05) is 0 Å². The smallest absolute Gasteiger partial charge is 0.266 e. The molecule has 0 atom stereocenters. The van der Waals surface area contributed by atoms with Crippen molar-refractivity contribution >= 4 is 44.5 Å². The number of rotatable bonds is 3. The number of thiophene rings is 1. The van der Waals surface area contributed by atoms with Crippen LogP contribution in [-0.2, 0) is 12.8 Å². The summed E-state index contributed by atoms with van der Waals surface area (Å²) < 4.78 is 1.12. The number of nitrogens with one attached hydrogen (secondary N) is 1. The number of amides is 1. The van der Waals surface area contributed by atoms with Crippen LogP contribution in [0.4, 0.5) is 0 Å². The minimum atomic E-state index is -0.134. The Labute approximate surface area is 141 Å². The van der Waals surface area contributed by atoms with E-state index >= 15 is 0 Å². The summed E-state index contributed by atoms with van der Waals surface area (Å²) in [6.45, 7) is 1.87. The van der Waals surface area contributed by atoms with E-state index in [4.69, 9.17) is 0 Å². The molecule has 2 aromatic heterocycles. The number of hydrazone groups is 1. The molecule has 4 nitrogen and oxygen atoms in total. The molecule has 23 heavy (non-hydrogen) atoms. The van der Waals surface area contributed by atoms with E-state index in [1.54, 1.807) is 22.7 Å². The van der Waals surface area contributed by atoms with Crippen molar-refractivity contribution in [1.82, 2.24) is 10.4 Å². The highest BCUT2D eigenvalue weighted by Crippen LogP contribution is 2.30. The first-order valence-corrected chi connectivity index (χ1v) is 9.16. The van der Waals surface area contributed by atoms with Gasteiger partial charge in [0.25, 0.3) is 5.91 Å². The second-order valence-corrected chi connectivity index (χ2v) is 7.70. The number of thiazole rings is 1. The number of aryl methyl sites for hydroxylation is 2. The summed E-state index contributed by atoms with van der Waals surface area (Å²) in [5.74, 6) is -0.134. The van der Waals surface area contributed by atoms with Crippen LogP contribution in [-0.4, -0.2) is 16.6 Å². The van der Waals surface area contributed by atoms with E-state index in [1.165, 1.54) is 16.9 Å². The van der Waals surface area contributed by atoms with Gasteiger partial charge in [-0.15, -0.1) is 22.7 Å². The van der Waals surface area contributed by atoms with Gasteiger partial charge in [0.05, 0.1) is 20.8 Å². The summed E-state index contributed by atoms with van der Waals surface area (Å²) >= 11 is 3.17. The average molecular weight is 341 g/mol. The Morgan fingerprint density at radius 3 is 2.96 bits per heavy atom. The van der Waals surface area contributed by atoms with Crippen LogP contribution in [0.15, 0.2) is 35.4 Å². The molecule has 0 unspecified atom stereocenters. The number of hydrogen-bond acceptors (Lipinski definition) is 5. The molecule has 1 aromatic carbocycles. The van der Waals surface area contributed by atoms with Gasteiger partial charge in [-0.25, -0.2) is 10.4 Å². The van der Waals surface area contributed by atoms with Crippen molar-refractivity contribution in [3.05, 3.63) is 50.7 Å². The van der Waals surface area contributed by atoms with Gasteiger partial charge in [-0.3, -0.25) is 4.79 Å². The van der Waals surface area contributed by atoms with Crippen molar-refractivity contribution in [2.45, 2.75) is 26.2 Å². The van der Waals surface area contributed by atoms with E-state index in [0.29, 0.717) is 0 Å². The molecule has 0 saturated carbocycles. The standard InChI is InChI=1S/C17H15N3OS2/c1-10(17-18-12-6-2-3-7-14(12)23-17)19-20-16(21)15-9-11-5-4-8-13(11)22-15/h2-3,6-7,9H,4-5,8H2,1H3,(H,20,21)/b19-10-. The minimum Gasteiger partial charge on any atom is -0.266 e. The summed E-state index contributed by atoms with van der Waals surface area (Å²) in [6.07, 6.45) is 3.40. The van der Waals surface area contributed by atoms with Gasteiger partial charge < -0.3 is 0 Å². The number of hydrogen-bond donors (Lipinski definition) is 1. The van der Waals surface area contributed by atoms with Crippen molar-refractivity contribution < 1.29 is 4.79 Å². The maximum Gasteiger partial charge on any atom is 0.281 e. The van der Waals surface area contributed by atoms with Crippen molar-refractivity contribution in [3.8, 4) is 0 Å². The van der Waals surface area contributed by atoms with Crippen molar-refractivity contribution in [1.29, 1.82) is 0 Å². The van der Waals surface area contributed by atoms with Crippen LogP contribution in [0.3, 0.4) is 0 Å². The van der Waals surface area contributed by atoms with Crippen molar-refractivity contribution in [2.24, 2.45) is 5.10 Å². The third-order valence-electron chi connectivity index (χ3n) is 3.90. The van der Waals surface area contributed by atoms with Crippen LogP contribution >= 0.6 is 22.7 Å². The molecule has 6 heteroatoms. The SMILES string of the molecule is C/C(=N/NC(=O)c1cc2c(s1)CCC2)c1nc2ccccc2s1. The number of benzene rings is 1. The Morgan fingerprint density at radius 1 is 1.26 bits per heavy atom. The molecule has 2 heterocycles. The van der Waals surface area contributed by atoms with Crippen LogP contribution < -0.4 is 5.43 Å². The molecule has 0 radical (unpaired) electrons. The Morgan fingerprint density at radius 2 is 2.13 bits per heavy atom. The fourth-order valence-electron chi connectivity index (χ4n) is 2.71. The monoisotopic (exact) mass is 341 g/mol. The lowest BCUT2D eigenvalue weighted by molar-refractivity contribution is 0.0959. The van der Waals surface area contributed by atoms with Crippen LogP contribution in [0.2, 0.25) is 0 Å². The van der Waals surface area contributed by atoms with Crippen LogP contribution in [0.5, 0.6) is 0 Å². The Hall–Kier alpha value is -2.05. The Kier molecular flexibility index (Phi) is 3.71. The fourth-order valence-corrected chi connectivity index (χ4v) is 4.76. The Bertz CT molecular complexity index is 868. The lowest BCUT2D eigenvalue weighted by Crippen LogP contribution is -2.18. The van der Waals surface area contributed by atoms with Gasteiger partial charge in [-0.05, 0) is 49.9 Å². The Balaban J connectivity index is 1.51. The maximum atomic E-state index is 12.2. The number of nitrogens with zero attached hydrogens (tertiary/aromatic N) is 2. The van der Waals surface area contributed by atoms with Gasteiger partial charge >= 0.3 is 0 Å². The number of para-hydroxylation sites is 1. The summed E-state index contributed by atoms with van der Waals surface area (Å²) in [5.41, 5.74) is 5.67. The molecule has 1 aliphatic carbocycles. The van der Waals surface area contributed by atoms with Gasteiger partial charge in [0.2, 0.25) is 0 Å². The van der Waals surface area contributed by atoms with Crippen LogP contribution in [0.1, 0.15) is 38.5 Å². The molecule has 1 amide bonds. The summed E-state index contributed by atoms with van der Waals surface area (Å²) in [4.78, 5) is 18.9. The molecule has 0 aliphatic heterocycles. The van der Waals surface area contributed by atoms with E-state index in [9.17, 15) is 4.79 Å². The largest absolute Gasteiger partial charge is 0.281 e. The third kappa shape index (κ3) is 2.80. The van der Waals surface area contributed by atoms with Gasteiger partial charge in [0, 0.05) is 4.88 Å². The molecule has 0 saturated heterocycles. The van der Waals surface area contributed by atoms with Gasteiger partial charge in [-0.1, -0.05) is 12.1 Å². The van der Waals surface area contributed by atoms with Crippen LogP contribution in [0.25, 0.3) is 10.2 Å². The quantitative estimate of drug-likeness (QED) is 0.578. The summed E-state index contributed by atoms with van der Waals surface area (Å²) in [5, 5.41) is 5.05. The van der Waals surface area contributed by atoms with Gasteiger partial charge in [-0.2, -0.15) is 5.10 Å². The third-order valence-corrected chi connectivity index (χ3v) is 6.28. The maximum absolute atomic E-state index is 12.2. The number of fused-ring (bicyclic) bond motifs is 2. The number of carbonyl (C=O) groups is 1. The molecular weight excluding hydrogens is 326 g/mol. The minimum absolute atomic E-state index is 0.134. The second kappa shape index (κ2) is 5.86. The number of carbonyl (C=O) groups excluding carboxylic acids is 1. The molecule has 0 spiro atoms.